The average molecular weight is 449 g/mol. The summed E-state index contributed by atoms with van der Waals surface area (Å²) in [4.78, 5) is 27.4. The summed E-state index contributed by atoms with van der Waals surface area (Å²) in [5, 5.41) is 3.87. The van der Waals surface area contributed by atoms with E-state index in [1.54, 1.807) is 30.0 Å². The second kappa shape index (κ2) is 11.4. The smallest absolute Gasteiger partial charge is 0.242 e. The van der Waals surface area contributed by atoms with E-state index in [0.29, 0.717) is 40.9 Å². The van der Waals surface area contributed by atoms with E-state index in [4.69, 9.17) is 23.2 Å². The topological polar surface area (TPSA) is 49.4 Å². The Kier molecular flexibility index (Phi) is 9.19. The maximum absolute atomic E-state index is 13.2. The lowest BCUT2D eigenvalue weighted by Gasteiger charge is -2.29. The lowest BCUT2D eigenvalue weighted by molar-refractivity contribution is -0.140. The normalized spacial score (nSPS) is 12.0. The van der Waals surface area contributed by atoms with Crippen molar-refractivity contribution in [2.24, 2.45) is 5.92 Å². The van der Waals surface area contributed by atoms with Crippen LogP contribution in [0.15, 0.2) is 42.5 Å². The predicted molar refractivity (Wildman–Crippen MR) is 124 cm³/mol. The van der Waals surface area contributed by atoms with Crippen LogP contribution in [0.4, 0.5) is 0 Å². The Hall–Kier alpha value is -2.04. The molecule has 1 atom stereocenters. The number of halogens is 2. The van der Waals surface area contributed by atoms with E-state index in [2.05, 4.69) is 5.32 Å². The van der Waals surface area contributed by atoms with Gasteiger partial charge in [0.15, 0.2) is 0 Å². The molecule has 0 aliphatic heterocycles. The van der Waals surface area contributed by atoms with Crippen molar-refractivity contribution < 1.29 is 9.59 Å². The van der Waals surface area contributed by atoms with Crippen LogP contribution in [-0.2, 0) is 22.6 Å². The van der Waals surface area contributed by atoms with Crippen molar-refractivity contribution in [1.82, 2.24) is 10.2 Å². The third kappa shape index (κ3) is 7.03. The number of benzene rings is 2. The molecule has 0 aliphatic carbocycles. The van der Waals surface area contributed by atoms with Gasteiger partial charge >= 0.3 is 0 Å². The summed E-state index contributed by atoms with van der Waals surface area (Å²) >= 11 is 12.7. The highest BCUT2D eigenvalue weighted by Gasteiger charge is 2.27. The van der Waals surface area contributed by atoms with Gasteiger partial charge in [0.25, 0.3) is 0 Å². The molecule has 6 heteroatoms. The molecule has 0 heterocycles. The molecule has 2 aromatic rings. The second-order valence-corrected chi connectivity index (χ2v) is 8.84. The van der Waals surface area contributed by atoms with Crippen molar-refractivity contribution in [1.29, 1.82) is 0 Å². The summed E-state index contributed by atoms with van der Waals surface area (Å²) in [5.74, 6) is 0.0270. The highest BCUT2D eigenvalue weighted by Crippen LogP contribution is 2.27. The molecule has 2 aromatic carbocycles. The number of carbonyl (C=O) groups excluding carboxylic acids is 2. The Bertz CT molecular complexity index is 846. The lowest BCUT2D eigenvalue weighted by Crippen LogP contribution is -2.48. The zero-order chi connectivity index (χ0) is 22.3. The number of amides is 2. The summed E-state index contributed by atoms with van der Waals surface area (Å²) in [6.45, 7) is 8.56. The van der Waals surface area contributed by atoms with Crippen LogP contribution in [0.25, 0.3) is 0 Å². The molecular weight excluding hydrogens is 419 g/mol. The minimum Gasteiger partial charge on any atom is -0.354 e. The van der Waals surface area contributed by atoms with E-state index in [0.717, 1.165) is 5.56 Å². The SMILES string of the molecule is Cc1ccc(CCC(=O)N(Cc2c(Cl)cccc2Cl)[C@@H](C)C(=O)NCC(C)C)cc1. The molecule has 30 heavy (non-hydrogen) atoms. The largest absolute Gasteiger partial charge is 0.354 e. The summed E-state index contributed by atoms with van der Waals surface area (Å²) < 4.78 is 0. The monoisotopic (exact) mass is 448 g/mol. The minimum absolute atomic E-state index is 0.112. The Morgan fingerprint density at radius 3 is 2.17 bits per heavy atom. The van der Waals surface area contributed by atoms with E-state index < -0.39 is 6.04 Å². The summed E-state index contributed by atoms with van der Waals surface area (Å²) in [6.07, 6.45) is 0.902. The molecule has 0 spiro atoms. The summed E-state index contributed by atoms with van der Waals surface area (Å²) in [6, 6.07) is 12.7. The van der Waals surface area contributed by atoms with E-state index in [9.17, 15) is 9.59 Å². The number of aryl methyl sites for hydroxylation is 2. The molecule has 0 saturated heterocycles. The standard InChI is InChI=1S/C24H30Cl2N2O2/c1-16(2)14-27-24(30)18(4)28(15-20-21(25)6-5-7-22(20)26)23(29)13-12-19-10-8-17(3)9-11-19/h5-11,16,18H,12-15H2,1-4H3,(H,27,30)/t18-/m0/s1. The van der Waals surface area contributed by atoms with Gasteiger partial charge in [0, 0.05) is 35.1 Å². The molecule has 0 bridgehead atoms. The molecule has 0 fully saturated rings. The van der Waals surface area contributed by atoms with Crippen molar-refractivity contribution in [3.05, 3.63) is 69.2 Å². The third-order valence-electron chi connectivity index (χ3n) is 4.99. The van der Waals surface area contributed by atoms with Gasteiger partial charge in [-0.05, 0) is 43.9 Å². The molecule has 162 valence electrons. The predicted octanol–water partition coefficient (Wildman–Crippen LogP) is 5.42. The van der Waals surface area contributed by atoms with Crippen molar-refractivity contribution in [2.75, 3.05) is 6.54 Å². The Morgan fingerprint density at radius 1 is 1.00 bits per heavy atom. The maximum Gasteiger partial charge on any atom is 0.242 e. The van der Waals surface area contributed by atoms with Gasteiger partial charge in [0.1, 0.15) is 6.04 Å². The van der Waals surface area contributed by atoms with Crippen LogP contribution in [0.3, 0.4) is 0 Å². The molecule has 2 rings (SSSR count). The van der Waals surface area contributed by atoms with Crippen molar-refractivity contribution >= 4 is 35.0 Å². The Labute approximate surface area is 189 Å². The molecule has 0 aromatic heterocycles. The number of hydrogen-bond donors (Lipinski definition) is 1. The Morgan fingerprint density at radius 2 is 1.60 bits per heavy atom. The molecule has 4 nitrogen and oxygen atoms in total. The summed E-state index contributed by atoms with van der Waals surface area (Å²) in [7, 11) is 0. The highest BCUT2D eigenvalue weighted by molar-refractivity contribution is 6.36. The number of nitrogens with one attached hydrogen (secondary N) is 1. The molecule has 0 unspecified atom stereocenters. The first kappa shape index (κ1) is 24.2. The first-order valence-electron chi connectivity index (χ1n) is 10.2. The molecule has 0 radical (unpaired) electrons. The maximum atomic E-state index is 13.2. The number of hydrogen-bond acceptors (Lipinski definition) is 2. The van der Waals surface area contributed by atoms with Gasteiger partial charge in [0.2, 0.25) is 11.8 Å². The lowest BCUT2D eigenvalue weighted by atomic mass is 10.1. The van der Waals surface area contributed by atoms with Crippen molar-refractivity contribution in [3.63, 3.8) is 0 Å². The Balaban J connectivity index is 2.19. The van der Waals surface area contributed by atoms with Crippen LogP contribution in [0.2, 0.25) is 10.0 Å². The second-order valence-electron chi connectivity index (χ2n) is 8.02. The fourth-order valence-corrected chi connectivity index (χ4v) is 3.56. The van der Waals surface area contributed by atoms with E-state index >= 15 is 0 Å². The zero-order valence-corrected chi connectivity index (χ0v) is 19.6. The van der Waals surface area contributed by atoms with Crippen LogP contribution >= 0.6 is 23.2 Å². The van der Waals surface area contributed by atoms with E-state index in [1.807, 2.05) is 45.0 Å². The van der Waals surface area contributed by atoms with Crippen LogP contribution in [0, 0.1) is 12.8 Å². The average Bonchev–Trinajstić information content (AvgIpc) is 2.70. The van der Waals surface area contributed by atoms with Gasteiger partial charge in [-0.3, -0.25) is 9.59 Å². The number of rotatable bonds is 9. The van der Waals surface area contributed by atoms with Crippen LogP contribution < -0.4 is 5.32 Å². The fourth-order valence-electron chi connectivity index (χ4n) is 3.04. The molecular formula is C24H30Cl2N2O2. The molecule has 0 saturated carbocycles. The zero-order valence-electron chi connectivity index (χ0n) is 18.0. The molecule has 2 amide bonds. The summed E-state index contributed by atoms with van der Waals surface area (Å²) in [5.41, 5.74) is 2.91. The van der Waals surface area contributed by atoms with E-state index in [-0.39, 0.29) is 18.4 Å². The van der Waals surface area contributed by atoms with Crippen molar-refractivity contribution in [3.8, 4) is 0 Å². The van der Waals surface area contributed by atoms with Gasteiger partial charge in [-0.2, -0.15) is 0 Å². The van der Waals surface area contributed by atoms with Crippen molar-refractivity contribution in [2.45, 2.75) is 53.1 Å². The van der Waals surface area contributed by atoms with Gasteiger partial charge < -0.3 is 10.2 Å². The minimum atomic E-state index is -0.637. The van der Waals surface area contributed by atoms with Crippen LogP contribution in [0.5, 0.6) is 0 Å². The van der Waals surface area contributed by atoms with Gasteiger partial charge in [-0.1, -0.05) is 72.9 Å². The first-order valence-corrected chi connectivity index (χ1v) is 11.0. The third-order valence-corrected chi connectivity index (χ3v) is 5.70. The van der Waals surface area contributed by atoms with E-state index in [1.165, 1.54) is 5.56 Å². The number of nitrogens with zero attached hydrogens (tertiary/aromatic N) is 1. The number of carbonyl (C=O) groups is 2. The quantitative estimate of drug-likeness (QED) is 0.556. The molecule has 1 N–H and O–H groups in total. The van der Waals surface area contributed by atoms with Gasteiger partial charge in [-0.15, -0.1) is 0 Å². The van der Waals surface area contributed by atoms with Gasteiger partial charge in [-0.25, -0.2) is 0 Å². The first-order chi connectivity index (χ1) is 14.2. The van der Waals surface area contributed by atoms with Crippen LogP contribution in [0.1, 0.15) is 43.9 Å². The highest BCUT2D eigenvalue weighted by atomic mass is 35.5. The fraction of sp³-hybridized carbons (Fsp3) is 0.417. The van der Waals surface area contributed by atoms with Gasteiger partial charge in [0.05, 0.1) is 0 Å². The van der Waals surface area contributed by atoms with Crippen LogP contribution in [-0.4, -0.2) is 29.3 Å². The molecule has 0 aliphatic rings.